The molecule has 86 valence electrons. The molecular weight excluding hydrogens is 309 g/mol. The Morgan fingerprint density at radius 3 is 2.81 bits per heavy atom. The molecule has 1 aromatic rings. The van der Waals surface area contributed by atoms with Gasteiger partial charge in [0.1, 0.15) is 0 Å². The van der Waals surface area contributed by atoms with E-state index in [0.717, 1.165) is 25.8 Å². The molecule has 1 rings (SSSR count). The van der Waals surface area contributed by atoms with Gasteiger partial charge in [-0.05, 0) is 53.6 Å². The monoisotopic (exact) mass is 327 g/mol. The molecule has 0 radical (unpaired) electrons. The van der Waals surface area contributed by atoms with E-state index < -0.39 is 0 Å². The Bertz CT molecular complexity index is 354. The van der Waals surface area contributed by atoms with Crippen LogP contribution >= 0.6 is 22.6 Å². The Hall–Kier alpha value is -0.530. The molecule has 0 saturated carbocycles. The normalized spacial score (nSPS) is 12.1. The molecule has 1 aromatic carbocycles. The Labute approximate surface area is 112 Å². The van der Waals surface area contributed by atoms with Crippen LogP contribution in [0.5, 0.6) is 0 Å². The summed E-state index contributed by atoms with van der Waals surface area (Å²) in [6, 6.07) is 8.97. The van der Waals surface area contributed by atoms with Gasteiger partial charge < -0.3 is 5.32 Å². The summed E-state index contributed by atoms with van der Waals surface area (Å²) >= 11 is 2.40. The first kappa shape index (κ1) is 13.5. The third kappa shape index (κ3) is 4.15. The lowest BCUT2D eigenvalue weighted by Gasteiger charge is -2.19. The predicted molar refractivity (Wildman–Crippen MR) is 78.3 cm³/mol. The lowest BCUT2D eigenvalue weighted by Crippen LogP contribution is -2.21. The molecule has 0 aliphatic heterocycles. The molecule has 0 saturated heterocycles. The second-order valence-corrected chi connectivity index (χ2v) is 4.89. The van der Waals surface area contributed by atoms with Crippen LogP contribution in [-0.4, -0.2) is 6.54 Å². The van der Waals surface area contributed by atoms with E-state index >= 15 is 0 Å². The van der Waals surface area contributed by atoms with Crippen molar-refractivity contribution in [3.8, 4) is 12.3 Å². The van der Waals surface area contributed by atoms with Crippen LogP contribution in [0.3, 0.4) is 0 Å². The first-order chi connectivity index (χ1) is 7.79. The van der Waals surface area contributed by atoms with E-state index in [-0.39, 0.29) is 0 Å². The van der Waals surface area contributed by atoms with Gasteiger partial charge in [0.2, 0.25) is 0 Å². The van der Waals surface area contributed by atoms with Gasteiger partial charge in [-0.2, -0.15) is 0 Å². The zero-order chi connectivity index (χ0) is 11.8. The number of rotatable bonds is 6. The van der Waals surface area contributed by atoms with Gasteiger partial charge in [0.05, 0.1) is 0 Å². The topological polar surface area (TPSA) is 12.0 Å². The van der Waals surface area contributed by atoms with Crippen LogP contribution in [-0.2, 0) is 0 Å². The van der Waals surface area contributed by atoms with Crippen LogP contribution in [0.15, 0.2) is 24.3 Å². The SMILES string of the molecule is C#CCCCC(NCC)c1ccccc1I. The van der Waals surface area contributed by atoms with Gasteiger partial charge in [-0.1, -0.05) is 25.1 Å². The van der Waals surface area contributed by atoms with Crippen LogP contribution in [0, 0.1) is 15.9 Å². The highest BCUT2D eigenvalue weighted by molar-refractivity contribution is 14.1. The lowest BCUT2D eigenvalue weighted by atomic mass is 10.0. The van der Waals surface area contributed by atoms with E-state index in [1.54, 1.807) is 0 Å². The van der Waals surface area contributed by atoms with E-state index in [0.29, 0.717) is 6.04 Å². The third-order valence-corrected chi connectivity index (χ3v) is 3.53. The Morgan fingerprint density at radius 1 is 1.44 bits per heavy atom. The summed E-state index contributed by atoms with van der Waals surface area (Å²) in [7, 11) is 0. The zero-order valence-electron chi connectivity index (χ0n) is 9.67. The molecule has 0 aliphatic carbocycles. The van der Waals surface area contributed by atoms with Crippen molar-refractivity contribution in [3.05, 3.63) is 33.4 Å². The molecule has 0 bridgehead atoms. The molecule has 1 unspecified atom stereocenters. The molecular formula is C14H18IN. The summed E-state index contributed by atoms with van der Waals surface area (Å²) in [6.45, 7) is 3.13. The molecule has 0 aliphatic rings. The third-order valence-electron chi connectivity index (χ3n) is 2.55. The summed E-state index contributed by atoms with van der Waals surface area (Å²) in [4.78, 5) is 0. The Morgan fingerprint density at radius 2 is 2.19 bits per heavy atom. The molecule has 1 nitrogen and oxygen atoms in total. The van der Waals surface area contributed by atoms with Crippen molar-refractivity contribution in [2.45, 2.75) is 32.2 Å². The number of halogens is 1. The lowest BCUT2D eigenvalue weighted by molar-refractivity contribution is 0.500. The van der Waals surface area contributed by atoms with E-state index in [4.69, 9.17) is 6.42 Å². The summed E-state index contributed by atoms with van der Waals surface area (Å²) in [5.74, 6) is 2.70. The highest BCUT2D eigenvalue weighted by Crippen LogP contribution is 2.24. The highest BCUT2D eigenvalue weighted by atomic mass is 127. The van der Waals surface area contributed by atoms with Gasteiger partial charge >= 0.3 is 0 Å². The van der Waals surface area contributed by atoms with Gasteiger partial charge in [0.25, 0.3) is 0 Å². The zero-order valence-corrected chi connectivity index (χ0v) is 11.8. The molecule has 16 heavy (non-hydrogen) atoms. The second-order valence-electron chi connectivity index (χ2n) is 3.73. The number of hydrogen-bond acceptors (Lipinski definition) is 1. The molecule has 0 heterocycles. The van der Waals surface area contributed by atoms with Crippen LogP contribution in [0.25, 0.3) is 0 Å². The highest BCUT2D eigenvalue weighted by Gasteiger charge is 2.11. The quantitative estimate of drug-likeness (QED) is 0.477. The molecule has 0 aromatic heterocycles. The van der Waals surface area contributed by atoms with E-state index in [1.165, 1.54) is 9.13 Å². The Kier molecular flexibility index (Phi) is 6.51. The maximum atomic E-state index is 5.29. The van der Waals surface area contributed by atoms with Crippen LogP contribution < -0.4 is 5.32 Å². The number of hydrogen-bond donors (Lipinski definition) is 1. The summed E-state index contributed by atoms with van der Waals surface area (Å²) in [5.41, 5.74) is 1.39. The van der Waals surface area contributed by atoms with Gasteiger partial charge in [-0.25, -0.2) is 0 Å². The minimum absolute atomic E-state index is 0.437. The summed E-state index contributed by atoms with van der Waals surface area (Å²) < 4.78 is 1.33. The van der Waals surface area contributed by atoms with Gasteiger partial charge in [-0.15, -0.1) is 12.3 Å². The first-order valence-corrected chi connectivity index (χ1v) is 6.78. The van der Waals surface area contributed by atoms with E-state index in [2.05, 4.69) is 65.0 Å². The van der Waals surface area contributed by atoms with Crippen LogP contribution in [0.1, 0.15) is 37.8 Å². The minimum atomic E-state index is 0.437. The van der Waals surface area contributed by atoms with Crippen molar-refractivity contribution in [2.75, 3.05) is 6.54 Å². The standard InChI is InChI=1S/C14H18IN/c1-3-5-6-11-14(16-4-2)12-9-7-8-10-13(12)15/h1,7-10,14,16H,4-6,11H2,2H3. The first-order valence-electron chi connectivity index (χ1n) is 5.70. The Balaban J connectivity index is 2.69. The molecule has 1 atom stereocenters. The fraction of sp³-hybridized carbons (Fsp3) is 0.429. The molecule has 0 fully saturated rings. The summed E-state index contributed by atoms with van der Waals surface area (Å²) in [6.07, 6.45) is 8.34. The molecule has 0 spiro atoms. The predicted octanol–water partition coefficient (Wildman–Crippen LogP) is 3.75. The number of benzene rings is 1. The van der Waals surface area contributed by atoms with Crippen molar-refractivity contribution in [3.63, 3.8) is 0 Å². The number of terminal acetylenes is 1. The van der Waals surface area contributed by atoms with Crippen molar-refractivity contribution >= 4 is 22.6 Å². The maximum absolute atomic E-state index is 5.29. The molecule has 1 N–H and O–H groups in total. The minimum Gasteiger partial charge on any atom is -0.310 e. The average molecular weight is 327 g/mol. The van der Waals surface area contributed by atoms with Gasteiger partial charge in [0.15, 0.2) is 0 Å². The van der Waals surface area contributed by atoms with Gasteiger partial charge in [0, 0.05) is 16.0 Å². The fourth-order valence-electron chi connectivity index (χ4n) is 1.78. The number of nitrogens with one attached hydrogen (secondary N) is 1. The summed E-state index contributed by atoms with van der Waals surface area (Å²) in [5, 5.41) is 3.53. The maximum Gasteiger partial charge on any atom is 0.0330 e. The van der Waals surface area contributed by atoms with Crippen molar-refractivity contribution < 1.29 is 0 Å². The number of unbranched alkanes of at least 4 members (excludes halogenated alkanes) is 1. The smallest absolute Gasteiger partial charge is 0.0330 e. The molecule has 2 heteroatoms. The van der Waals surface area contributed by atoms with Crippen LogP contribution in [0.2, 0.25) is 0 Å². The second kappa shape index (κ2) is 7.70. The van der Waals surface area contributed by atoms with E-state index in [1.807, 2.05) is 0 Å². The molecule has 0 amide bonds. The van der Waals surface area contributed by atoms with Crippen molar-refractivity contribution in [2.24, 2.45) is 0 Å². The van der Waals surface area contributed by atoms with E-state index in [9.17, 15) is 0 Å². The average Bonchev–Trinajstić information content (AvgIpc) is 2.29. The largest absolute Gasteiger partial charge is 0.310 e. The van der Waals surface area contributed by atoms with Crippen molar-refractivity contribution in [1.82, 2.24) is 5.32 Å². The van der Waals surface area contributed by atoms with Crippen molar-refractivity contribution in [1.29, 1.82) is 0 Å². The van der Waals surface area contributed by atoms with Gasteiger partial charge in [-0.3, -0.25) is 0 Å². The fourth-order valence-corrected chi connectivity index (χ4v) is 2.54. The van der Waals surface area contributed by atoms with Crippen LogP contribution in [0.4, 0.5) is 0 Å².